The zero-order valence-electron chi connectivity index (χ0n) is 9.44. The molecule has 0 aliphatic heterocycles. The Morgan fingerprint density at radius 2 is 1.81 bits per heavy atom. The summed E-state index contributed by atoms with van der Waals surface area (Å²) < 4.78 is 5.21. The van der Waals surface area contributed by atoms with E-state index in [0.717, 1.165) is 24.3 Å². The van der Waals surface area contributed by atoms with Crippen molar-refractivity contribution in [2.75, 3.05) is 12.9 Å². The van der Waals surface area contributed by atoms with E-state index < -0.39 is 0 Å². The Bertz CT molecular complexity index is 479. The number of thiol groups is 1. The molecule has 0 heterocycles. The van der Waals surface area contributed by atoms with Gasteiger partial charge in [0.25, 0.3) is 0 Å². The SMILES string of the molecule is COc1ccc2cc(CCCS)ccc2c1. The molecular weight excluding hydrogens is 216 g/mol. The fraction of sp³-hybridized carbons (Fsp3) is 0.286. The summed E-state index contributed by atoms with van der Waals surface area (Å²) in [4.78, 5) is 0. The van der Waals surface area contributed by atoms with Crippen molar-refractivity contribution in [1.82, 2.24) is 0 Å². The zero-order valence-corrected chi connectivity index (χ0v) is 10.3. The van der Waals surface area contributed by atoms with Crippen molar-refractivity contribution in [2.24, 2.45) is 0 Å². The highest BCUT2D eigenvalue weighted by molar-refractivity contribution is 7.80. The summed E-state index contributed by atoms with van der Waals surface area (Å²) >= 11 is 4.23. The molecule has 2 rings (SSSR count). The summed E-state index contributed by atoms with van der Waals surface area (Å²) in [6.45, 7) is 0. The molecular formula is C14H16OS. The van der Waals surface area contributed by atoms with Crippen molar-refractivity contribution >= 4 is 23.4 Å². The van der Waals surface area contributed by atoms with Gasteiger partial charge in [0.15, 0.2) is 0 Å². The summed E-state index contributed by atoms with van der Waals surface area (Å²) in [6, 6.07) is 12.8. The van der Waals surface area contributed by atoms with E-state index in [4.69, 9.17) is 4.74 Å². The third-order valence-corrected chi connectivity index (χ3v) is 3.05. The first-order chi connectivity index (χ1) is 7.83. The summed E-state index contributed by atoms with van der Waals surface area (Å²) in [7, 11) is 1.70. The van der Waals surface area contributed by atoms with E-state index in [1.165, 1.54) is 16.3 Å². The molecule has 2 heteroatoms. The van der Waals surface area contributed by atoms with E-state index in [-0.39, 0.29) is 0 Å². The van der Waals surface area contributed by atoms with Crippen molar-refractivity contribution in [3.8, 4) is 5.75 Å². The molecule has 0 spiro atoms. The Balaban J connectivity index is 2.32. The van der Waals surface area contributed by atoms with Gasteiger partial charge in [-0.1, -0.05) is 24.3 Å². The van der Waals surface area contributed by atoms with Gasteiger partial charge < -0.3 is 4.74 Å². The Morgan fingerprint density at radius 1 is 1.06 bits per heavy atom. The number of hydrogen-bond donors (Lipinski definition) is 1. The highest BCUT2D eigenvalue weighted by atomic mass is 32.1. The van der Waals surface area contributed by atoms with Gasteiger partial charge in [-0.3, -0.25) is 0 Å². The largest absolute Gasteiger partial charge is 0.497 e. The maximum atomic E-state index is 5.21. The minimum Gasteiger partial charge on any atom is -0.497 e. The number of aryl methyl sites for hydroxylation is 1. The van der Waals surface area contributed by atoms with Crippen molar-refractivity contribution in [2.45, 2.75) is 12.8 Å². The summed E-state index contributed by atoms with van der Waals surface area (Å²) in [5.41, 5.74) is 1.38. The number of ether oxygens (including phenoxy) is 1. The van der Waals surface area contributed by atoms with Crippen molar-refractivity contribution in [1.29, 1.82) is 0 Å². The molecule has 0 atom stereocenters. The molecule has 0 N–H and O–H groups in total. The van der Waals surface area contributed by atoms with Gasteiger partial charge in [-0.05, 0) is 47.1 Å². The number of benzene rings is 2. The van der Waals surface area contributed by atoms with Crippen LogP contribution in [0.3, 0.4) is 0 Å². The van der Waals surface area contributed by atoms with E-state index in [1.54, 1.807) is 7.11 Å². The highest BCUT2D eigenvalue weighted by Crippen LogP contribution is 2.22. The average molecular weight is 232 g/mol. The normalized spacial score (nSPS) is 10.6. The number of rotatable bonds is 4. The first kappa shape index (κ1) is 11.3. The van der Waals surface area contributed by atoms with Crippen LogP contribution in [0.25, 0.3) is 10.8 Å². The molecule has 0 bridgehead atoms. The lowest BCUT2D eigenvalue weighted by Gasteiger charge is -2.05. The van der Waals surface area contributed by atoms with Crippen LogP contribution in [0, 0.1) is 0 Å². The third-order valence-electron chi connectivity index (χ3n) is 2.74. The Kier molecular flexibility index (Phi) is 3.73. The van der Waals surface area contributed by atoms with Crippen LogP contribution in [0.5, 0.6) is 5.75 Å². The standard InChI is InChI=1S/C14H16OS/c1-15-14-7-6-12-9-11(3-2-8-16)4-5-13(12)10-14/h4-7,9-10,16H,2-3,8H2,1H3. The molecule has 0 unspecified atom stereocenters. The second kappa shape index (κ2) is 5.26. The predicted molar refractivity (Wildman–Crippen MR) is 72.7 cm³/mol. The first-order valence-electron chi connectivity index (χ1n) is 5.51. The molecule has 0 amide bonds. The third kappa shape index (κ3) is 2.50. The Hall–Kier alpha value is -1.15. The zero-order chi connectivity index (χ0) is 11.4. The van der Waals surface area contributed by atoms with Crippen LogP contribution < -0.4 is 4.74 Å². The molecule has 0 aliphatic rings. The molecule has 84 valence electrons. The summed E-state index contributed by atoms with van der Waals surface area (Å²) in [5, 5.41) is 2.51. The van der Waals surface area contributed by atoms with E-state index in [9.17, 15) is 0 Å². The van der Waals surface area contributed by atoms with Gasteiger partial charge in [0, 0.05) is 0 Å². The van der Waals surface area contributed by atoms with Crippen molar-refractivity contribution in [3.05, 3.63) is 42.0 Å². The minimum atomic E-state index is 0.913. The molecule has 2 aromatic rings. The Morgan fingerprint density at radius 3 is 2.56 bits per heavy atom. The summed E-state index contributed by atoms with van der Waals surface area (Å²) in [5.74, 6) is 1.86. The van der Waals surface area contributed by atoms with Crippen LogP contribution >= 0.6 is 12.6 Å². The average Bonchev–Trinajstić information content (AvgIpc) is 2.35. The monoisotopic (exact) mass is 232 g/mol. The van der Waals surface area contributed by atoms with Gasteiger partial charge in [-0.2, -0.15) is 12.6 Å². The molecule has 1 nitrogen and oxygen atoms in total. The van der Waals surface area contributed by atoms with Crippen LogP contribution in [0.2, 0.25) is 0 Å². The number of hydrogen-bond acceptors (Lipinski definition) is 2. The van der Waals surface area contributed by atoms with Crippen LogP contribution in [-0.2, 0) is 6.42 Å². The van der Waals surface area contributed by atoms with E-state index >= 15 is 0 Å². The number of methoxy groups -OCH3 is 1. The fourth-order valence-electron chi connectivity index (χ4n) is 1.84. The van der Waals surface area contributed by atoms with Gasteiger partial charge in [-0.25, -0.2) is 0 Å². The summed E-state index contributed by atoms with van der Waals surface area (Å²) in [6.07, 6.45) is 2.23. The molecule has 0 saturated heterocycles. The van der Waals surface area contributed by atoms with E-state index in [2.05, 4.69) is 43.0 Å². The lowest BCUT2D eigenvalue weighted by molar-refractivity contribution is 0.415. The fourth-order valence-corrected chi connectivity index (χ4v) is 2.00. The molecule has 16 heavy (non-hydrogen) atoms. The van der Waals surface area contributed by atoms with Gasteiger partial charge >= 0.3 is 0 Å². The minimum absolute atomic E-state index is 0.913. The van der Waals surface area contributed by atoms with Crippen molar-refractivity contribution < 1.29 is 4.74 Å². The maximum Gasteiger partial charge on any atom is 0.119 e. The lowest BCUT2D eigenvalue weighted by atomic mass is 10.0. The second-order valence-electron chi connectivity index (χ2n) is 3.87. The number of fused-ring (bicyclic) bond motifs is 1. The van der Waals surface area contributed by atoms with Gasteiger partial charge in [0.1, 0.15) is 5.75 Å². The first-order valence-corrected chi connectivity index (χ1v) is 6.14. The Labute approximate surface area is 102 Å². The molecule has 0 aromatic heterocycles. The highest BCUT2D eigenvalue weighted by Gasteiger charge is 1.98. The second-order valence-corrected chi connectivity index (χ2v) is 4.32. The molecule has 0 fully saturated rings. The smallest absolute Gasteiger partial charge is 0.119 e. The van der Waals surface area contributed by atoms with E-state index in [1.807, 2.05) is 6.07 Å². The maximum absolute atomic E-state index is 5.21. The quantitative estimate of drug-likeness (QED) is 0.791. The van der Waals surface area contributed by atoms with Crippen LogP contribution in [0.15, 0.2) is 36.4 Å². The predicted octanol–water partition coefficient (Wildman–Crippen LogP) is 3.71. The van der Waals surface area contributed by atoms with Gasteiger partial charge in [0.2, 0.25) is 0 Å². The topological polar surface area (TPSA) is 9.23 Å². The van der Waals surface area contributed by atoms with Crippen molar-refractivity contribution in [3.63, 3.8) is 0 Å². The van der Waals surface area contributed by atoms with Crippen LogP contribution in [0.1, 0.15) is 12.0 Å². The molecule has 0 aliphatic carbocycles. The lowest BCUT2D eigenvalue weighted by Crippen LogP contribution is -1.87. The molecule has 0 radical (unpaired) electrons. The van der Waals surface area contributed by atoms with Crippen LogP contribution in [0.4, 0.5) is 0 Å². The molecule has 0 saturated carbocycles. The van der Waals surface area contributed by atoms with Crippen LogP contribution in [-0.4, -0.2) is 12.9 Å². The molecule has 2 aromatic carbocycles. The van der Waals surface area contributed by atoms with E-state index in [0.29, 0.717) is 0 Å². The van der Waals surface area contributed by atoms with Gasteiger partial charge in [0.05, 0.1) is 7.11 Å². The van der Waals surface area contributed by atoms with Gasteiger partial charge in [-0.15, -0.1) is 0 Å².